The van der Waals surface area contributed by atoms with Crippen LogP contribution in [0.25, 0.3) is 0 Å². The van der Waals surface area contributed by atoms with Crippen LogP contribution < -0.4 is 16.4 Å². The van der Waals surface area contributed by atoms with Gasteiger partial charge < -0.3 is 21.1 Å². The summed E-state index contributed by atoms with van der Waals surface area (Å²) in [6.07, 6.45) is 0. The average molecular weight is 235 g/mol. The molecule has 1 heterocycles. The van der Waals surface area contributed by atoms with Crippen molar-refractivity contribution in [3.05, 3.63) is 23.8 Å². The molecule has 1 aliphatic rings. The van der Waals surface area contributed by atoms with Crippen molar-refractivity contribution in [1.82, 2.24) is 5.32 Å². The fraction of sp³-hybridized carbons (Fsp3) is 0.417. The monoisotopic (exact) mass is 235 g/mol. The number of anilines is 2. The van der Waals surface area contributed by atoms with Gasteiger partial charge in [0.1, 0.15) is 0 Å². The van der Waals surface area contributed by atoms with Gasteiger partial charge in [-0.1, -0.05) is 0 Å². The van der Waals surface area contributed by atoms with E-state index in [9.17, 15) is 4.79 Å². The molecule has 0 spiro atoms. The van der Waals surface area contributed by atoms with Crippen LogP contribution in [0.15, 0.2) is 18.2 Å². The minimum Gasteiger partial charge on any atom is -0.397 e. The maximum absolute atomic E-state index is 11.4. The van der Waals surface area contributed by atoms with E-state index in [4.69, 9.17) is 10.5 Å². The quantitative estimate of drug-likeness (QED) is 0.678. The van der Waals surface area contributed by atoms with Crippen LogP contribution in [0.1, 0.15) is 17.3 Å². The van der Waals surface area contributed by atoms with Crippen molar-refractivity contribution >= 4 is 17.3 Å². The van der Waals surface area contributed by atoms with Gasteiger partial charge in [0.25, 0.3) is 5.91 Å². The van der Waals surface area contributed by atoms with E-state index < -0.39 is 0 Å². The summed E-state index contributed by atoms with van der Waals surface area (Å²) in [5, 5.41) is 5.89. The smallest absolute Gasteiger partial charge is 0.251 e. The Morgan fingerprint density at radius 1 is 1.47 bits per heavy atom. The third kappa shape index (κ3) is 2.34. The molecule has 1 amide bonds. The molecule has 0 bridgehead atoms. The van der Waals surface area contributed by atoms with E-state index in [1.807, 2.05) is 6.07 Å². The Labute approximate surface area is 100 Å². The molecule has 0 aromatic heterocycles. The number of hydrogen-bond donors (Lipinski definition) is 3. The topological polar surface area (TPSA) is 76.4 Å². The summed E-state index contributed by atoms with van der Waals surface area (Å²) in [5.74, 6) is -0.138. The fourth-order valence-corrected chi connectivity index (χ4v) is 1.77. The van der Waals surface area contributed by atoms with Gasteiger partial charge in [-0.3, -0.25) is 4.79 Å². The summed E-state index contributed by atoms with van der Waals surface area (Å²) < 4.78 is 5.16. The molecule has 17 heavy (non-hydrogen) atoms. The number of nitrogens with two attached hydrogens (primary N) is 1. The van der Waals surface area contributed by atoms with Gasteiger partial charge in [0, 0.05) is 12.6 Å². The number of hydrogen-bond acceptors (Lipinski definition) is 4. The minimum absolute atomic E-state index is 0.0529. The van der Waals surface area contributed by atoms with E-state index in [2.05, 4.69) is 17.6 Å². The molecular formula is C12H17N3O2. The van der Waals surface area contributed by atoms with Crippen molar-refractivity contribution in [3.8, 4) is 0 Å². The average Bonchev–Trinajstić information content (AvgIpc) is 2.28. The molecule has 0 aliphatic carbocycles. The lowest BCUT2D eigenvalue weighted by Gasteiger charge is -2.39. The van der Waals surface area contributed by atoms with Crippen molar-refractivity contribution in [1.29, 1.82) is 0 Å². The van der Waals surface area contributed by atoms with E-state index in [-0.39, 0.29) is 11.4 Å². The molecule has 1 fully saturated rings. The molecule has 1 aromatic rings. The van der Waals surface area contributed by atoms with E-state index >= 15 is 0 Å². The normalized spacial score (nSPS) is 17.1. The van der Waals surface area contributed by atoms with Gasteiger partial charge in [0.15, 0.2) is 0 Å². The van der Waals surface area contributed by atoms with E-state index in [1.54, 1.807) is 19.2 Å². The van der Waals surface area contributed by atoms with Gasteiger partial charge in [-0.25, -0.2) is 0 Å². The van der Waals surface area contributed by atoms with Crippen molar-refractivity contribution in [2.24, 2.45) is 0 Å². The molecule has 0 atom stereocenters. The number of carbonyl (C=O) groups excluding carboxylic acids is 1. The van der Waals surface area contributed by atoms with Crippen LogP contribution in [0.3, 0.4) is 0 Å². The van der Waals surface area contributed by atoms with Gasteiger partial charge in [-0.2, -0.15) is 0 Å². The Hall–Kier alpha value is -1.75. The SMILES string of the molecule is CNC(=O)c1ccc(NC2(C)COC2)c(N)c1. The number of rotatable bonds is 3. The summed E-state index contributed by atoms with van der Waals surface area (Å²) in [6, 6.07) is 5.24. The third-order valence-corrected chi connectivity index (χ3v) is 2.82. The number of nitrogen functional groups attached to an aromatic ring is 1. The first-order valence-corrected chi connectivity index (χ1v) is 5.52. The van der Waals surface area contributed by atoms with Crippen molar-refractivity contribution in [3.63, 3.8) is 0 Å². The van der Waals surface area contributed by atoms with Crippen LogP contribution in [0.4, 0.5) is 11.4 Å². The number of benzene rings is 1. The van der Waals surface area contributed by atoms with E-state index in [0.717, 1.165) is 5.69 Å². The van der Waals surface area contributed by atoms with Crippen molar-refractivity contribution in [2.45, 2.75) is 12.5 Å². The van der Waals surface area contributed by atoms with Gasteiger partial charge in [0.05, 0.1) is 30.1 Å². The minimum atomic E-state index is -0.138. The highest BCUT2D eigenvalue weighted by molar-refractivity contribution is 5.95. The second kappa shape index (κ2) is 4.25. The van der Waals surface area contributed by atoms with Crippen LogP contribution >= 0.6 is 0 Å². The molecule has 0 saturated carbocycles. The fourth-order valence-electron chi connectivity index (χ4n) is 1.77. The molecule has 5 nitrogen and oxygen atoms in total. The van der Waals surface area contributed by atoms with Gasteiger partial charge in [-0.15, -0.1) is 0 Å². The van der Waals surface area contributed by atoms with E-state index in [0.29, 0.717) is 24.5 Å². The molecule has 92 valence electrons. The molecule has 0 radical (unpaired) electrons. The number of ether oxygens (including phenoxy) is 1. The summed E-state index contributed by atoms with van der Waals surface area (Å²) in [5.41, 5.74) is 7.83. The number of carbonyl (C=O) groups is 1. The molecular weight excluding hydrogens is 218 g/mol. The van der Waals surface area contributed by atoms with E-state index in [1.165, 1.54) is 0 Å². The zero-order valence-electron chi connectivity index (χ0n) is 10.0. The van der Waals surface area contributed by atoms with Gasteiger partial charge in [-0.05, 0) is 25.1 Å². The van der Waals surface area contributed by atoms with Crippen LogP contribution in [0.2, 0.25) is 0 Å². The van der Waals surface area contributed by atoms with Crippen LogP contribution in [0, 0.1) is 0 Å². The van der Waals surface area contributed by atoms with Crippen LogP contribution in [0.5, 0.6) is 0 Å². The summed E-state index contributed by atoms with van der Waals surface area (Å²) in [4.78, 5) is 11.4. The Morgan fingerprint density at radius 3 is 2.65 bits per heavy atom. The molecule has 2 rings (SSSR count). The highest BCUT2D eigenvalue weighted by atomic mass is 16.5. The predicted molar refractivity (Wildman–Crippen MR) is 67.1 cm³/mol. The molecule has 0 unspecified atom stereocenters. The standard InChI is InChI=1S/C12H17N3O2/c1-12(6-17-7-12)15-10-4-3-8(5-9(10)13)11(16)14-2/h3-5,15H,6-7,13H2,1-2H3,(H,14,16). The lowest BCUT2D eigenvalue weighted by atomic mass is 9.99. The van der Waals surface area contributed by atoms with Gasteiger partial charge in [0.2, 0.25) is 0 Å². The van der Waals surface area contributed by atoms with Crippen LogP contribution in [-0.2, 0) is 4.74 Å². The molecule has 4 N–H and O–H groups in total. The highest BCUT2D eigenvalue weighted by Crippen LogP contribution is 2.27. The summed E-state index contributed by atoms with van der Waals surface area (Å²) in [6.45, 7) is 3.41. The number of nitrogens with one attached hydrogen (secondary N) is 2. The lowest BCUT2D eigenvalue weighted by molar-refractivity contribution is -0.0318. The largest absolute Gasteiger partial charge is 0.397 e. The third-order valence-electron chi connectivity index (χ3n) is 2.82. The Kier molecular flexibility index (Phi) is 2.93. The lowest BCUT2D eigenvalue weighted by Crippen LogP contribution is -2.53. The zero-order chi connectivity index (χ0) is 12.5. The van der Waals surface area contributed by atoms with Crippen molar-refractivity contribution < 1.29 is 9.53 Å². The number of amides is 1. The predicted octanol–water partition coefficient (Wildman–Crippen LogP) is 0.829. The Bertz CT molecular complexity index is 441. The first kappa shape index (κ1) is 11.7. The zero-order valence-corrected chi connectivity index (χ0v) is 10.0. The second-order valence-electron chi connectivity index (χ2n) is 4.56. The molecule has 1 saturated heterocycles. The summed E-state index contributed by atoms with van der Waals surface area (Å²) in [7, 11) is 1.59. The Balaban J connectivity index is 2.17. The second-order valence-corrected chi connectivity index (χ2v) is 4.56. The molecule has 1 aromatic carbocycles. The Morgan fingerprint density at radius 2 is 2.18 bits per heavy atom. The van der Waals surface area contributed by atoms with Gasteiger partial charge >= 0.3 is 0 Å². The summed E-state index contributed by atoms with van der Waals surface area (Å²) >= 11 is 0. The highest BCUT2D eigenvalue weighted by Gasteiger charge is 2.33. The maximum atomic E-state index is 11.4. The maximum Gasteiger partial charge on any atom is 0.251 e. The molecule has 1 aliphatic heterocycles. The van der Waals surface area contributed by atoms with Crippen molar-refractivity contribution in [2.75, 3.05) is 31.3 Å². The molecule has 5 heteroatoms. The van der Waals surface area contributed by atoms with Crippen LogP contribution in [-0.4, -0.2) is 31.7 Å². The first-order valence-electron chi connectivity index (χ1n) is 5.52. The first-order chi connectivity index (χ1) is 8.04.